The van der Waals surface area contributed by atoms with Gasteiger partial charge in [-0.05, 0) is 130 Å². The Labute approximate surface area is 390 Å². The Bertz CT molecular complexity index is 3790. The van der Waals surface area contributed by atoms with Gasteiger partial charge in [0.1, 0.15) is 11.2 Å². The molecule has 13 rings (SSSR count). The van der Waals surface area contributed by atoms with Crippen LogP contribution in [0.25, 0.3) is 93.6 Å². The molecule has 1 saturated carbocycles. The standard InChI is InChI=1S/C64H48N2O/c1-3-18-43(19-4-1)50-29-14-20-45-21-15-32-54(62(45)50)53-26-7-10-33-57(53)65(48-40-38-44(39-41-48)51-31-17-37-61-64(51)56-28-9-12-36-60(56)67-61)49-25-13-22-46(42-49)52-30-16-35-59-63(52)55-27-8-11-34-58(55)66(59)47-23-5-2-6-24-47/h2,5-17,20-43H,1,3-4,18-19H2. The molecule has 2 heterocycles. The van der Waals surface area contributed by atoms with Crippen molar-refractivity contribution in [1.29, 1.82) is 0 Å². The van der Waals surface area contributed by atoms with Crippen molar-refractivity contribution in [1.82, 2.24) is 4.57 Å². The van der Waals surface area contributed by atoms with Crippen LogP contribution in [0.2, 0.25) is 0 Å². The van der Waals surface area contributed by atoms with Crippen molar-refractivity contribution in [2.24, 2.45) is 0 Å². The molecular weight excluding hydrogens is 813 g/mol. The average molecular weight is 861 g/mol. The van der Waals surface area contributed by atoms with Gasteiger partial charge in [0.15, 0.2) is 0 Å². The molecule has 0 amide bonds. The van der Waals surface area contributed by atoms with Gasteiger partial charge in [-0.15, -0.1) is 0 Å². The number of fused-ring (bicyclic) bond motifs is 7. The lowest BCUT2D eigenvalue weighted by atomic mass is 9.80. The van der Waals surface area contributed by atoms with E-state index in [1.54, 1.807) is 0 Å². The van der Waals surface area contributed by atoms with Crippen LogP contribution in [0.15, 0.2) is 229 Å². The molecule has 0 unspecified atom stereocenters. The van der Waals surface area contributed by atoms with Crippen molar-refractivity contribution in [3.63, 3.8) is 0 Å². The normalized spacial score (nSPS) is 13.3. The number of furan rings is 1. The molecule has 1 fully saturated rings. The van der Waals surface area contributed by atoms with Gasteiger partial charge in [0.05, 0.1) is 16.7 Å². The molecular formula is C64H48N2O. The summed E-state index contributed by atoms with van der Waals surface area (Å²) in [7, 11) is 0. The van der Waals surface area contributed by atoms with E-state index in [4.69, 9.17) is 4.42 Å². The van der Waals surface area contributed by atoms with E-state index in [-0.39, 0.29) is 0 Å². The molecule has 0 spiro atoms. The quantitative estimate of drug-likeness (QED) is 0.152. The van der Waals surface area contributed by atoms with Crippen molar-refractivity contribution in [3.05, 3.63) is 230 Å². The van der Waals surface area contributed by atoms with Gasteiger partial charge >= 0.3 is 0 Å². The molecule has 1 aliphatic rings. The molecule has 1 aliphatic carbocycles. The minimum atomic E-state index is 0.568. The molecule has 0 aliphatic heterocycles. The monoisotopic (exact) mass is 860 g/mol. The Kier molecular flexibility index (Phi) is 9.60. The number of para-hydroxylation sites is 4. The second-order valence-corrected chi connectivity index (χ2v) is 18.2. The highest BCUT2D eigenvalue weighted by molar-refractivity contribution is 6.16. The zero-order valence-corrected chi connectivity index (χ0v) is 37.3. The first kappa shape index (κ1) is 39.2. The third-order valence-electron chi connectivity index (χ3n) is 14.4. The molecule has 0 bridgehead atoms. The Balaban J connectivity index is 1.01. The fourth-order valence-electron chi connectivity index (χ4n) is 11.4. The van der Waals surface area contributed by atoms with E-state index in [1.165, 1.54) is 92.5 Å². The summed E-state index contributed by atoms with van der Waals surface area (Å²) in [5.41, 5.74) is 17.4. The van der Waals surface area contributed by atoms with Crippen LogP contribution in [0.5, 0.6) is 0 Å². The Hall–Kier alpha value is -8.14. The molecule has 0 N–H and O–H groups in total. The smallest absolute Gasteiger partial charge is 0.136 e. The molecule has 320 valence electrons. The fourth-order valence-corrected chi connectivity index (χ4v) is 11.4. The zero-order valence-electron chi connectivity index (χ0n) is 37.3. The second kappa shape index (κ2) is 16.4. The van der Waals surface area contributed by atoms with Crippen LogP contribution in [0.4, 0.5) is 17.1 Å². The number of nitrogens with zero attached hydrogens (tertiary/aromatic N) is 2. The van der Waals surface area contributed by atoms with Crippen LogP contribution >= 0.6 is 0 Å². The Morgan fingerprint density at radius 2 is 1.04 bits per heavy atom. The number of aromatic nitrogens is 1. The van der Waals surface area contributed by atoms with Crippen LogP contribution in [0, 0.1) is 0 Å². The number of benzene rings is 10. The topological polar surface area (TPSA) is 21.3 Å². The summed E-state index contributed by atoms with van der Waals surface area (Å²) < 4.78 is 8.74. The van der Waals surface area contributed by atoms with Crippen molar-refractivity contribution in [2.45, 2.75) is 38.0 Å². The number of anilines is 3. The van der Waals surface area contributed by atoms with Crippen molar-refractivity contribution in [2.75, 3.05) is 4.90 Å². The van der Waals surface area contributed by atoms with E-state index in [2.05, 4.69) is 228 Å². The summed E-state index contributed by atoms with van der Waals surface area (Å²) in [4.78, 5) is 2.48. The molecule has 12 aromatic rings. The minimum Gasteiger partial charge on any atom is -0.456 e. The molecule has 0 saturated heterocycles. The van der Waals surface area contributed by atoms with Gasteiger partial charge < -0.3 is 13.9 Å². The van der Waals surface area contributed by atoms with Crippen LogP contribution in [-0.2, 0) is 0 Å². The first-order valence-corrected chi connectivity index (χ1v) is 23.9. The van der Waals surface area contributed by atoms with Crippen molar-refractivity contribution >= 4 is 71.6 Å². The first-order valence-electron chi connectivity index (χ1n) is 23.9. The van der Waals surface area contributed by atoms with Gasteiger partial charge in [-0.2, -0.15) is 0 Å². The SMILES string of the molecule is c1ccc(-n2c3ccccc3c3c(-c4cccc(N(c5ccc(-c6cccc7oc8ccccc8c67)cc5)c5ccccc5-c5cccc6cccc(C7CCCCC7)c56)c4)cccc32)cc1. The van der Waals surface area contributed by atoms with E-state index in [0.717, 1.165) is 55.8 Å². The van der Waals surface area contributed by atoms with Crippen LogP contribution < -0.4 is 4.90 Å². The lowest BCUT2D eigenvalue weighted by molar-refractivity contribution is 0.445. The van der Waals surface area contributed by atoms with Gasteiger partial charge in [-0.25, -0.2) is 0 Å². The molecule has 2 aromatic heterocycles. The minimum absolute atomic E-state index is 0.568. The van der Waals surface area contributed by atoms with Crippen LogP contribution in [0.3, 0.4) is 0 Å². The van der Waals surface area contributed by atoms with Crippen molar-refractivity contribution < 1.29 is 4.42 Å². The largest absolute Gasteiger partial charge is 0.456 e. The predicted molar refractivity (Wildman–Crippen MR) is 282 cm³/mol. The average Bonchev–Trinajstić information content (AvgIpc) is 3.96. The van der Waals surface area contributed by atoms with Gasteiger partial charge in [-0.3, -0.25) is 0 Å². The first-order chi connectivity index (χ1) is 33.3. The molecule has 10 aromatic carbocycles. The summed E-state index contributed by atoms with van der Waals surface area (Å²) in [5.74, 6) is 0.568. The fraction of sp³-hybridized carbons (Fsp3) is 0.0938. The Morgan fingerprint density at radius 3 is 1.91 bits per heavy atom. The second-order valence-electron chi connectivity index (χ2n) is 18.2. The Morgan fingerprint density at radius 1 is 0.403 bits per heavy atom. The van der Waals surface area contributed by atoms with Gasteiger partial charge in [0, 0.05) is 44.2 Å². The van der Waals surface area contributed by atoms with E-state index in [0.29, 0.717) is 5.92 Å². The summed E-state index contributed by atoms with van der Waals surface area (Å²) >= 11 is 0. The number of hydrogen-bond donors (Lipinski definition) is 0. The van der Waals surface area contributed by atoms with Crippen LogP contribution in [-0.4, -0.2) is 4.57 Å². The summed E-state index contributed by atoms with van der Waals surface area (Å²) in [6.45, 7) is 0. The van der Waals surface area contributed by atoms with Gasteiger partial charge in [-0.1, -0.05) is 177 Å². The predicted octanol–water partition coefficient (Wildman–Crippen LogP) is 18.4. The van der Waals surface area contributed by atoms with Gasteiger partial charge in [0.25, 0.3) is 0 Å². The highest BCUT2D eigenvalue weighted by Crippen LogP contribution is 2.48. The number of rotatable bonds is 8. The van der Waals surface area contributed by atoms with E-state index >= 15 is 0 Å². The number of hydrogen-bond acceptors (Lipinski definition) is 2. The summed E-state index contributed by atoms with van der Waals surface area (Å²) in [6.07, 6.45) is 6.43. The molecule has 67 heavy (non-hydrogen) atoms. The van der Waals surface area contributed by atoms with Crippen molar-refractivity contribution in [3.8, 4) is 39.1 Å². The lowest BCUT2D eigenvalue weighted by Gasteiger charge is -2.29. The van der Waals surface area contributed by atoms with Crippen LogP contribution in [0.1, 0.15) is 43.6 Å². The lowest BCUT2D eigenvalue weighted by Crippen LogP contribution is -2.11. The van der Waals surface area contributed by atoms with E-state index < -0.39 is 0 Å². The zero-order chi connectivity index (χ0) is 44.3. The summed E-state index contributed by atoms with van der Waals surface area (Å²) in [5, 5.41) is 7.46. The maximum absolute atomic E-state index is 6.34. The molecule has 0 radical (unpaired) electrons. The third kappa shape index (κ3) is 6.64. The summed E-state index contributed by atoms with van der Waals surface area (Å²) in [6, 6.07) is 82.3. The molecule has 3 heteroatoms. The highest BCUT2D eigenvalue weighted by Gasteiger charge is 2.24. The maximum atomic E-state index is 6.34. The van der Waals surface area contributed by atoms with Gasteiger partial charge in [0.2, 0.25) is 0 Å². The highest BCUT2D eigenvalue weighted by atomic mass is 16.3. The van der Waals surface area contributed by atoms with E-state index in [1.807, 2.05) is 6.07 Å². The third-order valence-corrected chi connectivity index (χ3v) is 14.4. The molecule has 3 nitrogen and oxygen atoms in total. The maximum Gasteiger partial charge on any atom is 0.136 e. The van der Waals surface area contributed by atoms with E-state index in [9.17, 15) is 0 Å². The molecule has 0 atom stereocenters.